The van der Waals surface area contributed by atoms with Crippen LogP contribution in [0, 0.1) is 0 Å². The minimum atomic E-state index is -1.85. The Kier molecular flexibility index (Phi) is 16.4. The average Bonchev–Trinajstić information content (AvgIpc) is 1.33. The fraction of sp³-hybridized carbons (Fsp3) is 0.333. The second-order valence-electron chi connectivity index (χ2n) is 0.544. The van der Waals surface area contributed by atoms with Crippen LogP contribution in [0.5, 0.6) is 0 Å². The first-order valence-electron chi connectivity index (χ1n) is 1.34. The van der Waals surface area contributed by atoms with Crippen molar-refractivity contribution in [3.05, 3.63) is 12.7 Å². The fourth-order valence-corrected chi connectivity index (χ4v) is 0. The number of hydrogen-bond donors (Lipinski definition) is 0. The molecule has 0 fully saturated rings. The number of allylic oxidation sites excluding steroid dienone is 1. The first kappa shape index (κ1) is 11.1. The van der Waals surface area contributed by atoms with Crippen LogP contribution in [0.4, 0.5) is 0 Å². The summed E-state index contributed by atoms with van der Waals surface area (Å²) in [5.41, 5.74) is 0. The van der Waals surface area contributed by atoms with Gasteiger partial charge in [0.25, 0.3) is 0 Å². The van der Waals surface area contributed by atoms with Gasteiger partial charge in [-0.2, -0.15) is 0 Å². The second kappa shape index (κ2) is 10.3. The molecule has 0 atom stereocenters. The van der Waals surface area contributed by atoms with Crippen LogP contribution in [0.2, 0.25) is 0 Å². The van der Waals surface area contributed by atoms with Gasteiger partial charge < -0.3 is 0 Å². The molecule has 0 nitrogen and oxygen atoms in total. The van der Waals surface area contributed by atoms with E-state index in [0.717, 1.165) is 0 Å². The van der Waals surface area contributed by atoms with E-state index in [2.05, 4.69) is 6.58 Å². The molecule has 0 radical (unpaired) electrons. The molecule has 0 aliphatic rings. The van der Waals surface area contributed by atoms with Gasteiger partial charge in [0.2, 0.25) is 0 Å². The van der Waals surface area contributed by atoms with E-state index >= 15 is 0 Å². The van der Waals surface area contributed by atoms with Crippen molar-refractivity contribution in [2.24, 2.45) is 0 Å². The number of rotatable bonds is 0. The Balaban J connectivity index is 0. The number of hydrogen-bond acceptors (Lipinski definition) is 0. The van der Waals surface area contributed by atoms with E-state index in [0.29, 0.717) is 0 Å². The monoisotopic (exact) mass is 342 g/mol. The van der Waals surface area contributed by atoms with Crippen LogP contribution in [-0.4, -0.2) is 0 Å². The zero-order chi connectivity index (χ0) is 6.28. The summed E-state index contributed by atoms with van der Waals surface area (Å²) in [5.74, 6) is 0. The van der Waals surface area contributed by atoms with Crippen molar-refractivity contribution in [1.29, 1.82) is 0 Å². The molecule has 0 heterocycles. The van der Waals surface area contributed by atoms with Crippen molar-refractivity contribution in [2.45, 2.75) is 6.92 Å². The Hall–Kier alpha value is 1.30. The molecule has 0 bridgehead atoms. The van der Waals surface area contributed by atoms with Gasteiger partial charge in [-0.1, -0.05) is 6.08 Å². The van der Waals surface area contributed by atoms with Gasteiger partial charge >= 0.3 is 42.4 Å². The third-order valence-corrected chi connectivity index (χ3v) is 0. The maximum atomic E-state index is 4.96. The molecule has 0 aliphatic heterocycles. The molecule has 0 amide bonds. The molecule has 0 spiro atoms. The summed E-state index contributed by atoms with van der Waals surface area (Å²) < 4.78 is 0. The molecule has 4 heteroatoms. The molecule has 0 aromatic heterocycles. The van der Waals surface area contributed by atoms with Crippen LogP contribution in [0.3, 0.4) is 0 Å². The van der Waals surface area contributed by atoms with Crippen molar-refractivity contribution in [2.75, 3.05) is 0 Å². The van der Waals surface area contributed by atoms with Crippen LogP contribution in [-0.2, 0) is 14.2 Å². The predicted octanol–water partition coefficient (Wildman–Crippen LogP) is 3.26. The summed E-state index contributed by atoms with van der Waals surface area (Å²) in [7, 11) is 14.9. The summed E-state index contributed by atoms with van der Waals surface area (Å²) >= 11 is -1.85. The summed E-state index contributed by atoms with van der Waals surface area (Å²) in [6.07, 6.45) is 1.75. The van der Waals surface area contributed by atoms with Gasteiger partial charge in [-0.3, -0.25) is 0 Å². The number of halogens is 3. The predicted molar refractivity (Wildman–Crippen MR) is 33.4 cm³/mol. The van der Waals surface area contributed by atoms with Gasteiger partial charge in [0.05, 0.1) is 0 Å². The molecule has 0 aliphatic carbocycles. The van der Waals surface area contributed by atoms with Crippen molar-refractivity contribution in [3.8, 4) is 0 Å². The Labute approximate surface area is 61.8 Å². The Bertz CT molecular complexity index is 34.4. The van der Waals surface area contributed by atoms with Gasteiger partial charge in [-0.25, -0.2) is 0 Å². The van der Waals surface area contributed by atoms with Gasteiger partial charge in [0.15, 0.2) is 0 Å². The standard InChI is InChI=1S/C3H6.3ClH.Pt/c1-3-2;;;;/h3H,1H2,2H3;3*1H;/q;;;;+3/p-3. The van der Waals surface area contributed by atoms with Crippen LogP contribution in [0.15, 0.2) is 12.7 Å². The third-order valence-electron chi connectivity index (χ3n) is 0. The molecule has 0 saturated carbocycles. The average molecular weight is 344 g/mol. The van der Waals surface area contributed by atoms with Crippen LogP contribution in [0.1, 0.15) is 6.92 Å². The molecule has 0 aromatic carbocycles. The summed E-state index contributed by atoms with van der Waals surface area (Å²) in [6, 6.07) is 0. The quantitative estimate of drug-likeness (QED) is 0.592. The van der Waals surface area contributed by atoms with Crippen LogP contribution in [0.25, 0.3) is 0 Å². The fourth-order valence-electron chi connectivity index (χ4n) is 0. The molecule has 0 rings (SSSR count). The molecule has 0 saturated heterocycles. The molecule has 7 heavy (non-hydrogen) atoms. The van der Waals surface area contributed by atoms with Crippen molar-refractivity contribution in [3.63, 3.8) is 0 Å². The summed E-state index contributed by atoms with van der Waals surface area (Å²) in [6.45, 7) is 5.25. The van der Waals surface area contributed by atoms with Gasteiger partial charge in [-0.15, -0.1) is 6.58 Å². The summed E-state index contributed by atoms with van der Waals surface area (Å²) in [4.78, 5) is 0. The van der Waals surface area contributed by atoms with Crippen molar-refractivity contribution < 1.29 is 14.2 Å². The maximum absolute atomic E-state index is 4.96. The molecule has 0 unspecified atom stereocenters. The molecular formula is C3H6Cl3Pt. The van der Waals surface area contributed by atoms with E-state index in [4.69, 9.17) is 28.3 Å². The Morgan fingerprint density at radius 2 is 1.43 bits per heavy atom. The van der Waals surface area contributed by atoms with Crippen LogP contribution >= 0.6 is 28.3 Å². The molecule has 49 valence electrons. The van der Waals surface area contributed by atoms with E-state index in [1.165, 1.54) is 0 Å². The Morgan fingerprint density at radius 3 is 1.43 bits per heavy atom. The molecule has 0 aromatic rings. The van der Waals surface area contributed by atoms with E-state index in [1.807, 2.05) is 6.92 Å². The second-order valence-corrected chi connectivity index (χ2v) is 10.4. The van der Waals surface area contributed by atoms with E-state index < -0.39 is 14.2 Å². The van der Waals surface area contributed by atoms with Crippen molar-refractivity contribution in [1.82, 2.24) is 0 Å². The third kappa shape index (κ3) is 122. The SMILES string of the molecule is C=CC.[Cl][Pt]([Cl])[Cl]. The van der Waals surface area contributed by atoms with E-state index in [1.54, 1.807) is 6.08 Å². The topological polar surface area (TPSA) is 0 Å². The van der Waals surface area contributed by atoms with Gasteiger partial charge in [0, 0.05) is 0 Å². The first-order chi connectivity index (χ1) is 3.15. The van der Waals surface area contributed by atoms with Gasteiger partial charge in [-0.05, 0) is 6.92 Å². The van der Waals surface area contributed by atoms with Crippen LogP contribution < -0.4 is 0 Å². The van der Waals surface area contributed by atoms with Crippen molar-refractivity contribution >= 4 is 28.3 Å². The first-order valence-corrected chi connectivity index (χ1v) is 9.79. The minimum absolute atomic E-state index is 1.75. The zero-order valence-corrected chi connectivity index (χ0v) is 8.27. The van der Waals surface area contributed by atoms with E-state index in [9.17, 15) is 0 Å². The van der Waals surface area contributed by atoms with Gasteiger partial charge in [0.1, 0.15) is 0 Å². The van der Waals surface area contributed by atoms with E-state index in [-0.39, 0.29) is 0 Å². The summed E-state index contributed by atoms with van der Waals surface area (Å²) in [5, 5.41) is 0. The Morgan fingerprint density at radius 1 is 1.43 bits per heavy atom. The molecule has 0 N–H and O–H groups in total. The normalized spacial score (nSPS) is 8.29. The zero-order valence-electron chi connectivity index (χ0n) is 3.73. The molecular weight excluding hydrogens is 337 g/mol.